The zero-order valence-electron chi connectivity index (χ0n) is 13.4. The maximum Gasteiger partial charge on any atom is 0.277 e. The minimum absolute atomic E-state index is 0.203. The second-order valence-electron chi connectivity index (χ2n) is 5.82. The van der Waals surface area contributed by atoms with Crippen LogP contribution < -0.4 is 5.32 Å². The number of carbonyl (C=O) groups excluding carboxylic acids is 1. The molecule has 1 aliphatic rings. The van der Waals surface area contributed by atoms with Crippen molar-refractivity contribution in [1.82, 2.24) is 5.16 Å². The van der Waals surface area contributed by atoms with E-state index in [4.69, 9.17) is 16.1 Å². The minimum Gasteiger partial charge on any atom is -0.355 e. The van der Waals surface area contributed by atoms with E-state index in [2.05, 4.69) is 15.5 Å². The molecule has 1 aromatic heterocycles. The number of rotatable bonds is 3. The van der Waals surface area contributed by atoms with E-state index in [-0.39, 0.29) is 11.6 Å². The van der Waals surface area contributed by atoms with E-state index >= 15 is 0 Å². The molecule has 124 valence electrons. The fourth-order valence-corrected chi connectivity index (χ4v) is 2.94. The van der Waals surface area contributed by atoms with Gasteiger partial charge in [0.25, 0.3) is 5.91 Å². The molecule has 2 heterocycles. The molecule has 1 aliphatic heterocycles. The first kappa shape index (κ1) is 15.6. The van der Waals surface area contributed by atoms with Crippen molar-refractivity contribution in [3.05, 3.63) is 64.3 Å². The Kier molecular flexibility index (Phi) is 3.86. The Morgan fingerprint density at radius 2 is 2.12 bits per heavy atom. The number of halogens is 1. The average Bonchev–Trinajstić information content (AvgIpc) is 3.26. The molecule has 0 fully saturated rings. The van der Waals surface area contributed by atoms with Crippen LogP contribution in [-0.2, 0) is 6.42 Å². The maximum absolute atomic E-state index is 12.4. The molecule has 0 atom stereocenters. The van der Waals surface area contributed by atoms with Gasteiger partial charge in [-0.3, -0.25) is 9.79 Å². The number of aromatic nitrogens is 1. The van der Waals surface area contributed by atoms with Crippen LogP contribution in [0.25, 0.3) is 11.3 Å². The molecule has 1 N–H and O–H groups in total. The molecule has 6 heteroatoms. The van der Waals surface area contributed by atoms with Crippen molar-refractivity contribution in [3.63, 3.8) is 0 Å². The number of carbonyl (C=O) groups is 1. The molecule has 5 nitrogen and oxygen atoms in total. The summed E-state index contributed by atoms with van der Waals surface area (Å²) in [5, 5.41) is 7.26. The molecular formula is C19H14ClN3O2. The lowest BCUT2D eigenvalue weighted by molar-refractivity contribution is 0.101. The SMILES string of the molecule is Cc1ccc(Cl)cc1NC(=O)c1cc(-c2cccc3c2N=CC3)on1. The fraction of sp³-hybridized carbons (Fsp3) is 0.105. The maximum atomic E-state index is 12.4. The summed E-state index contributed by atoms with van der Waals surface area (Å²) in [4.78, 5) is 16.8. The predicted octanol–water partition coefficient (Wildman–Crippen LogP) is 4.81. The Labute approximate surface area is 149 Å². The number of hydrogen-bond donors (Lipinski definition) is 1. The topological polar surface area (TPSA) is 67.5 Å². The van der Waals surface area contributed by atoms with Gasteiger partial charge in [-0.05, 0) is 36.2 Å². The largest absolute Gasteiger partial charge is 0.355 e. The predicted molar refractivity (Wildman–Crippen MR) is 97.9 cm³/mol. The van der Waals surface area contributed by atoms with E-state index in [0.29, 0.717) is 16.5 Å². The molecule has 0 saturated heterocycles. The number of benzene rings is 2. The van der Waals surface area contributed by atoms with Gasteiger partial charge < -0.3 is 9.84 Å². The summed E-state index contributed by atoms with van der Waals surface area (Å²) in [6, 6.07) is 12.8. The molecule has 2 aromatic carbocycles. The zero-order chi connectivity index (χ0) is 17.4. The van der Waals surface area contributed by atoms with Crippen LogP contribution in [0.4, 0.5) is 11.4 Å². The third kappa shape index (κ3) is 2.94. The van der Waals surface area contributed by atoms with E-state index < -0.39 is 0 Å². The number of anilines is 1. The molecule has 0 spiro atoms. The zero-order valence-corrected chi connectivity index (χ0v) is 14.2. The number of aryl methyl sites for hydroxylation is 1. The molecule has 0 saturated carbocycles. The summed E-state index contributed by atoms with van der Waals surface area (Å²) in [6.07, 6.45) is 2.67. The van der Waals surface area contributed by atoms with Crippen LogP contribution >= 0.6 is 11.6 Å². The van der Waals surface area contributed by atoms with Gasteiger partial charge in [-0.2, -0.15) is 0 Å². The standard InChI is InChI=1S/C19H14ClN3O2/c1-11-5-6-13(20)9-15(11)22-19(24)16-10-17(25-23-16)14-4-2-3-12-7-8-21-18(12)14/h2-6,8-10H,7H2,1H3,(H,22,24). The first-order valence-electron chi connectivity index (χ1n) is 7.81. The van der Waals surface area contributed by atoms with Gasteiger partial charge in [0.1, 0.15) is 0 Å². The first-order valence-corrected chi connectivity index (χ1v) is 8.18. The van der Waals surface area contributed by atoms with Crippen molar-refractivity contribution in [2.75, 3.05) is 5.32 Å². The molecule has 25 heavy (non-hydrogen) atoms. The molecule has 0 bridgehead atoms. The highest BCUT2D eigenvalue weighted by Gasteiger charge is 2.19. The smallest absolute Gasteiger partial charge is 0.277 e. The normalized spacial score (nSPS) is 12.2. The van der Waals surface area contributed by atoms with Gasteiger partial charge in [-0.1, -0.05) is 35.0 Å². The second-order valence-corrected chi connectivity index (χ2v) is 6.26. The number of nitrogens with one attached hydrogen (secondary N) is 1. The van der Waals surface area contributed by atoms with Gasteiger partial charge >= 0.3 is 0 Å². The van der Waals surface area contributed by atoms with Crippen molar-refractivity contribution in [3.8, 4) is 11.3 Å². The summed E-state index contributed by atoms with van der Waals surface area (Å²) < 4.78 is 5.38. The van der Waals surface area contributed by atoms with E-state index in [1.807, 2.05) is 37.4 Å². The molecule has 4 rings (SSSR count). The van der Waals surface area contributed by atoms with Crippen LogP contribution in [-0.4, -0.2) is 17.3 Å². The van der Waals surface area contributed by atoms with Crippen LogP contribution in [0.5, 0.6) is 0 Å². The highest BCUT2D eigenvalue weighted by Crippen LogP contribution is 2.36. The van der Waals surface area contributed by atoms with E-state index in [1.54, 1.807) is 18.2 Å². The van der Waals surface area contributed by atoms with Gasteiger partial charge in [0.15, 0.2) is 11.5 Å². The Hall–Kier alpha value is -2.92. The van der Waals surface area contributed by atoms with Crippen molar-refractivity contribution < 1.29 is 9.32 Å². The molecule has 0 radical (unpaired) electrons. The highest BCUT2D eigenvalue weighted by molar-refractivity contribution is 6.31. The van der Waals surface area contributed by atoms with Gasteiger partial charge in [-0.15, -0.1) is 0 Å². The van der Waals surface area contributed by atoms with E-state index in [1.165, 1.54) is 0 Å². The Bertz CT molecular complexity index is 1010. The van der Waals surface area contributed by atoms with Crippen LogP contribution in [0.1, 0.15) is 21.6 Å². The monoisotopic (exact) mass is 351 g/mol. The third-order valence-corrected chi connectivity index (χ3v) is 4.34. The molecule has 1 amide bonds. The summed E-state index contributed by atoms with van der Waals surface area (Å²) in [7, 11) is 0. The first-order chi connectivity index (χ1) is 12.1. The van der Waals surface area contributed by atoms with Crippen LogP contribution in [0.3, 0.4) is 0 Å². The second kappa shape index (κ2) is 6.18. The minimum atomic E-state index is -0.351. The van der Waals surface area contributed by atoms with E-state index in [9.17, 15) is 4.79 Å². The number of amides is 1. The summed E-state index contributed by atoms with van der Waals surface area (Å²) in [5.74, 6) is 0.167. The Morgan fingerprint density at radius 3 is 3.00 bits per heavy atom. The number of hydrogen-bond acceptors (Lipinski definition) is 4. The Morgan fingerprint density at radius 1 is 1.24 bits per heavy atom. The van der Waals surface area contributed by atoms with Crippen molar-refractivity contribution in [1.29, 1.82) is 0 Å². The van der Waals surface area contributed by atoms with Crippen LogP contribution in [0, 0.1) is 6.92 Å². The van der Waals surface area contributed by atoms with Gasteiger partial charge in [0, 0.05) is 35.0 Å². The Balaban J connectivity index is 1.61. The number of nitrogens with zero attached hydrogens (tertiary/aromatic N) is 2. The third-order valence-electron chi connectivity index (χ3n) is 4.11. The van der Waals surface area contributed by atoms with E-state index in [0.717, 1.165) is 28.8 Å². The lowest BCUT2D eigenvalue weighted by Crippen LogP contribution is -2.13. The fourth-order valence-electron chi connectivity index (χ4n) is 2.77. The van der Waals surface area contributed by atoms with Crippen molar-refractivity contribution in [2.24, 2.45) is 4.99 Å². The van der Waals surface area contributed by atoms with Crippen LogP contribution in [0.15, 0.2) is 52.0 Å². The van der Waals surface area contributed by atoms with Gasteiger partial charge in [0.2, 0.25) is 0 Å². The lowest BCUT2D eigenvalue weighted by Gasteiger charge is -2.06. The molecule has 0 unspecified atom stereocenters. The summed E-state index contributed by atoms with van der Waals surface area (Å²) in [6.45, 7) is 1.89. The lowest BCUT2D eigenvalue weighted by atomic mass is 10.0. The highest BCUT2D eigenvalue weighted by atomic mass is 35.5. The molecule has 3 aromatic rings. The quantitative estimate of drug-likeness (QED) is 0.736. The van der Waals surface area contributed by atoms with Gasteiger partial charge in [-0.25, -0.2) is 0 Å². The number of aliphatic imine (C=N–C) groups is 1. The molecular weight excluding hydrogens is 338 g/mol. The summed E-state index contributed by atoms with van der Waals surface area (Å²) >= 11 is 5.99. The average molecular weight is 352 g/mol. The number of para-hydroxylation sites is 1. The van der Waals surface area contributed by atoms with Crippen molar-refractivity contribution >= 4 is 35.1 Å². The summed E-state index contributed by atoms with van der Waals surface area (Å²) in [5.41, 5.74) is 4.60. The number of fused-ring (bicyclic) bond motifs is 1. The molecule has 0 aliphatic carbocycles. The van der Waals surface area contributed by atoms with Gasteiger partial charge in [0.05, 0.1) is 5.69 Å². The van der Waals surface area contributed by atoms with Crippen molar-refractivity contribution in [2.45, 2.75) is 13.3 Å². The van der Waals surface area contributed by atoms with Crippen LogP contribution in [0.2, 0.25) is 5.02 Å².